The number of nitrogens with zero attached hydrogens (tertiary/aromatic N) is 3. The third-order valence-electron chi connectivity index (χ3n) is 4.67. The van der Waals surface area contributed by atoms with E-state index in [1.807, 2.05) is 30.3 Å². The van der Waals surface area contributed by atoms with Crippen LogP contribution in [0.5, 0.6) is 0 Å². The molecule has 27 heavy (non-hydrogen) atoms. The van der Waals surface area contributed by atoms with E-state index in [9.17, 15) is 13.2 Å². The Labute approximate surface area is 159 Å². The Morgan fingerprint density at radius 2 is 2.00 bits per heavy atom. The summed E-state index contributed by atoms with van der Waals surface area (Å²) in [6.45, 7) is 2.56. The number of carbonyl (C=O) groups is 1. The van der Waals surface area contributed by atoms with Crippen LogP contribution in [0.25, 0.3) is 0 Å². The molecule has 0 aliphatic carbocycles. The molecule has 2 heterocycles. The van der Waals surface area contributed by atoms with Gasteiger partial charge in [0.1, 0.15) is 5.82 Å². The lowest BCUT2D eigenvalue weighted by atomic mass is 9.98. The molecule has 1 aliphatic rings. The van der Waals surface area contributed by atoms with E-state index in [4.69, 9.17) is 0 Å². The summed E-state index contributed by atoms with van der Waals surface area (Å²) in [7, 11) is -3.39. The molecule has 1 aliphatic heterocycles. The van der Waals surface area contributed by atoms with Gasteiger partial charge in [0, 0.05) is 19.3 Å². The first-order valence-electron chi connectivity index (χ1n) is 8.99. The Hall–Kier alpha value is -2.32. The maximum atomic E-state index is 12.8. The van der Waals surface area contributed by atoms with E-state index in [0.717, 1.165) is 18.4 Å². The maximum absolute atomic E-state index is 12.8. The van der Waals surface area contributed by atoms with E-state index in [2.05, 4.69) is 15.3 Å². The van der Waals surface area contributed by atoms with Crippen LogP contribution in [0.15, 0.2) is 36.5 Å². The fraction of sp³-hybridized carbons (Fsp3) is 0.421. The molecule has 1 amide bonds. The molecular weight excluding hydrogens is 364 g/mol. The van der Waals surface area contributed by atoms with Crippen molar-refractivity contribution in [2.75, 3.05) is 12.8 Å². The van der Waals surface area contributed by atoms with Gasteiger partial charge in [-0.1, -0.05) is 36.8 Å². The highest BCUT2D eigenvalue weighted by Crippen LogP contribution is 2.33. The zero-order valence-electron chi connectivity index (χ0n) is 15.6. The number of benzene rings is 1. The van der Waals surface area contributed by atoms with Gasteiger partial charge in [-0.15, -0.1) is 0 Å². The van der Waals surface area contributed by atoms with Gasteiger partial charge in [-0.2, -0.15) is 4.31 Å². The van der Waals surface area contributed by atoms with Crippen LogP contribution in [0, 0.1) is 6.92 Å². The van der Waals surface area contributed by atoms with Crippen LogP contribution in [0.1, 0.15) is 52.7 Å². The number of aryl methyl sites for hydroxylation is 1. The lowest BCUT2D eigenvalue weighted by molar-refractivity contribution is 0.0946. The first kappa shape index (κ1) is 19.4. The Morgan fingerprint density at radius 3 is 2.70 bits per heavy atom. The van der Waals surface area contributed by atoms with Crippen LogP contribution in [-0.4, -0.2) is 41.4 Å². The van der Waals surface area contributed by atoms with Crippen molar-refractivity contribution in [1.29, 1.82) is 0 Å². The minimum atomic E-state index is -3.39. The van der Waals surface area contributed by atoms with Gasteiger partial charge in [0.05, 0.1) is 23.6 Å². The second-order valence-corrected chi connectivity index (χ2v) is 8.70. The van der Waals surface area contributed by atoms with Crippen LogP contribution in [0.4, 0.5) is 0 Å². The van der Waals surface area contributed by atoms with Gasteiger partial charge >= 0.3 is 0 Å². The standard InChI is InChI=1S/C19H24N4O3S/c1-14-20-13-16(19(24)21-12-15-8-4-3-5-9-15)18(22-14)17-10-6-7-11-23(17)27(2,25)26/h3-5,8-9,13,17H,6-7,10-12H2,1-2H3,(H,21,24). The van der Waals surface area contributed by atoms with Crippen molar-refractivity contribution in [3.05, 3.63) is 59.2 Å². The molecule has 0 spiro atoms. The average Bonchev–Trinajstić information content (AvgIpc) is 2.66. The molecule has 1 atom stereocenters. The van der Waals surface area contributed by atoms with Crippen LogP contribution in [0.2, 0.25) is 0 Å². The summed E-state index contributed by atoms with van der Waals surface area (Å²) in [4.78, 5) is 21.4. The van der Waals surface area contributed by atoms with E-state index < -0.39 is 16.1 Å². The normalized spacial score (nSPS) is 18.2. The largest absolute Gasteiger partial charge is 0.348 e. The molecule has 1 aromatic heterocycles. The Bertz CT molecular complexity index is 916. The fourth-order valence-corrected chi connectivity index (χ4v) is 4.49. The number of amides is 1. The van der Waals surface area contributed by atoms with E-state index >= 15 is 0 Å². The fourth-order valence-electron chi connectivity index (χ4n) is 3.37. The minimum absolute atomic E-state index is 0.298. The molecular formula is C19H24N4O3S. The van der Waals surface area contributed by atoms with Crippen molar-refractivity contribution < 1.29 is 13.2 Å². The summed E-state index contributed by atoms with van der Waals surface area (Å²) < 4.78 is 25.9. The molecule has 1 aromatic carbocycles. The molecule has 1 unspecified atom stereocenters. The van der Waals surface area contributed by atoms with Crippen molar-refractivity contribution >= 4 is 15.9 Å². The number of hydrogen-bond donors (Lipinski definition) is 1. The topological polar surface area (TPSA) is 92.3 Å². The van der Waals surface area contributed by atoms with Gasteiger partial charge in [0.15, 0.2) is 0 Å². The highest BCUT2D eigenvalue weighted by atomic mass is 32.2. The highest BCUT2D eigenvalue weighted by molar-refractivity contribution is 7.88. The summed E-state index contributed by atoms with van der Waals surface area (Å²) in [6.07, 6.45) is 5.04. The lowest BCUT2D eigenvalue weighted by Crippen LogP contribution is -2.39. The summed E-state index contributed by atoms with van der Waals surface area (Å²) >= 11 is 0. The Balaban J connectivity index is 1.89. The Morgan fingerprint density at radius 1 is 1.26 bits per heavy atom. The average molecular weight is 388 g/mol. The first-order chi connectivity index (χ1) is 12.9. The summed E-state index contributed by atoms with van der Waals surface area (Å²) in [5, 5.41) is 2.88. The van der Waals surface area contributed by atoms with Gasteiger partial charge in [0.25, 0.3) is 5.91 Å². The molecule has 0 radical (unpaired) electrons. The third kappa shape index (κ3) is 4.70. The number of piperidine rings is 1. The molecule has 0 saturated carbocycles. The molecule has 2 aromatic rings. The summed E-state index contributed by atoms with van der Waals surface area (Å²) in [5.74, 6) is 0.219. The van der Waals surface area contributed by atoms with Gasteiger partial charge in [0.2, 0.25) is 10.0 Å². The van der Waals surface area contributed by atoms with Crippen LogP contribution < -0.4 is 5.32 Å². The zero-order valence-corrected chi connectivity index (χ0v) is 16.4. The molecule has 3 rings (SSSR count). The SMILES string of the molecule is Cc1ncc(C(=O)NCc2ccccc2)c(C2CCCCN2S(C)(=O)=O)n1. The zero-order chi connectivity index (χ0) is 19.4. The van der Waals surface area contributed by atoms with Gasteiger partial charge < -0.3 is 5.32 Å². The molecule has 7 nitrogen and oxygen atoms in total. The van der Waals surface area contributed by atoms with Crippen molar-refractivity contribution in [2.45, 2.75) is 38.8 Å². The number of nitrogens with one attached hydrogen (secondary N) is 1. The number of carbonyl (C=O) groups excluding carboxylic acids is 1. The quantitative estimate of drug-likeness (QED) is 0.848. The van der Waals surface area contributed by atoms with Gasteiger partial charge in [-0.05, 0) is 25.3 Å². The molecule has 144 valence electrons. The van der Waals surface area contributed by atoms with E-state index in [1.165, 1.54) is 16.8 Å². The van der Waals surface area contributed by atoms with E-state index in [0.29, 0.717) is 36.6 Å². The third-order valence-corrected chi connectivity index (χ3v) is 5.96. The molecule has 1 fully saturated rings. The van der Waals surface area contributed by atoms with Crippen LogP contribution in [-0.2, 0) is 16.6 Å². The second kappa shape index (κ2) is 8.14. The van der Waals surface area contributed by atoms with E-state index in [-0.39, 0.29) is 5.91 Å². The van der Waals surface area contributed by atoms with Crippen LogP contribution >= 0.6 is 0 Å². The van der Waals surface area contributed by atoms with Crippen LogP contribution in [0.3, 0.4) is 0 Å². The predicted molar refractivity (Wildman–Crippen MR) is 103 cm³/mol. The lowest BCUT2D eigenvalue weighted by Gasteiger charge is -2.34. The number of rotatable bonds is 5. The van der Waals surface area contributed by atoms with Crippen molar-refractivity contribution in [3.63, 3.8) is 0 Å². The number of aromatic nitrogens is 2. The van der Waals surface area contributed by atoms with Crippen molar-refractivity contribution in [2.24, 2.45) is 0 Å². The second-order valence-electron chi connectivity index (χ2n) is 6.77. The monoisotopic (exact) mass is 388 g/mol. The number of hydrogen-bond acceptors (Lipinski definition) is 5. The maximum Gasteiger partial charge on any atom is 0.255 e. The summed E-state index contributed by atoms with van der Waals surface area (Å²) in [5.41, 5.74) is 1.80. The Kier molecular flexibility index (Phi) is 5.86. The molecule has 1 N–H and O–H groups in total. The van der Waals surface area contributed by atoms with Crippen molar-refractivity contribution in [1.82, 2.24) is 19.6 Å². The summed E-state index contributed by atoms with van der Waals surface area (Å²) in [6, 6.07) is 9.16. The molecule has 8 heteroatoms. The molecule has 1 saturated heterocycles. The van der Waals surface area contributed by atoms with Gasteiger partial charge in [-0.3, -0.25) is 4.79 Å². The van der Waals surface area contributed by atoms with E-state index in [1.54, 1.807) is 6.92 Å². The first-order valence-corrected chi connectivity index (χ1v) is 10.8. The highest BCUT2D eigenvalue weighted by Gasteiger charge is 2.34. The number of sulfonamides is 1. The van der Waals surface area contributed by atoms with Crippen molar-refractivity contribution in [3.8, 4) is 0 Å². The smallest absolute Gasteiger partial charge is 0.255 e. The van der Waals surface area contributed by atoms with Gasteiger partial charge in [-0.25, -0.2) is 18.4 Å². The minimum Gasteiger partial charge on any atom is -0.348 e. The predicted octanol–water partition coefficient (Wildman–Crippen LogP) is 2.20. The molecule has 0 bridgehead atoms.